The smallest absolute Gasteiger partial charge is 0.273 e. The van der Waals surface area contributed by atoms with Crippen molar-refractivity contribution in [2.24, 2.45) is 0 Å². The fourth-order valence-corrected chi connectivity index (χ4v) is 2.37. The number of benzene rings is 1. The van der Waals surface area contributed by atoms with Crippen LogP contribution < -0.4 is 9.64 Å². The van der Waals surface area contributed by atoms with Gasteiger partial charge in [0.25, 0.3) is 5.91 Å². The van der Waals surface area contributed by atoms with E-state index in [9.17, 15) is 9.18 Å². The number of amides is 1. The first-order valence-corrected chi connectivity index (χ1v) is 6.71. The van der Waals surface area contributed by atoms with E-state index >= 15 is 0 Å². The van der Waals surface area contributed by atoms with Gasteiger partial charge in [-0.3, -0.25) is 9.69 Å². The summed E-state index contributed by atoms with van der Waals surface area (Å²) in [6.45, 7) is 0. The Morgan fingerprint density at radius 3 is 2.75 bits per heavy atom. The van der Waals surface area contributed by atoms with E-state index in [2.05, 4.69) is 20.9 Å². The number of hydrogen-bond donors (Lipinski definition) is 0. The number of nitrogens with zero attached hydrogens (tertiary/aromatic N) is 2. The van der Waals surface area contributed by atoms with Crippen LogP contribution in [-0.2, 0) is 4.79 Å². The highest BCUT2D eigenvalue weighted by atomic mass is 79.9. The number of carbonyl (C=O) groups is 1. The van der Waals surface area contributed by atoms with E-state index in [1.54, 1.807) is 31.4 Å². The Kier molecular flexibility index (Phi) is 3.17. The summed E-state index contributed by atoms with van der Waals surface area (Å²) in [4.78, 5) is 17.9. The van der Waals surface area contributed by atoms with Gasteiger partial charge < -0.3 is 4.74 Å². The molecule has 1 amide bonds. The number of aromatic nitrogens is 1. The Morgan fingerprint density at radius 1 is 1.35 bits per heavy atom. The lowest BCUT2D eigenvalue weighted by molar-refractivity contribution is -0.126. The lowest BCUT2D eigenvalue weighted by Gasteiger charge is -2.31. The molecule has 0 saturated carbocycles. The van der Waals surface area contributed by atoms with Crippen LogP contribution >= 0.6 is 15.9 Å². The van der Waals surface area contributed by atoms with Crippen LogP contribution in [-0.4, -0.2) is 17.9 Å². The predicted molar refractivity (Wildman–Crippen MR) is 75.1 cm³/mol. The van der Waals surface area contributed by atoms with E-state index in [-0.39, 0.29) is 11.7 Å². The van der Waals surface area contributed by atoms with Crippen molar-refractivity contribution in [3.63, 3.8) is 0 Å². The van der Waals surface area contributed by atoms with Gasteiger partial charge in [-0.2, -0.15) is 0 Å². The molecule has 0 spiro atoms. The quantitative estimate of drug-likeness (QED) is 0.803. The van der Waals surface area contributed by atoms with Crippen LogP contribution in [0, 0.1) is 5.82 Å². The minimum Gasteiger partial charge on any atom is -0.472 e. The highest BCUT2D eigenvalue weighted by Gasteiger charge is 2.34. The van der Waals surface area contributed by atoms with Crippen molar-refractivity contribution in [2.75, 3.05) is 11.9 Å². The van der Waals surface area contributed by atoms with E-state index in [4.69, 9.17) is 4.74 Å². The van der Waals surface area contributed by atoms with Crippen molar-refractivity contribution < 1.29 is 13.9 Å². The molecule has 6 heteroatoms. The number of fused-ring (bicyclic) bond motifs is 1. The average molecular weight is 337 g/mol. The number of hydrogen-bond acceptors (Lipinski definition) is 3. The molecule has 3 rings (SSSR count). The molecule has 1 aromatic heterocycles. The normalized spacial score (nSPS) is 17.6. The SMILES string of the molecule is CN1C(=O)C(c2ccc(F)cc2)Oc2cc(Br)cnc21. The largest absolute Gasteiger partial charge is 0.472 e. The molecule has 0 aliphatic carbocycles. The summed E-state index contributed by atoms with van der Waals surface area (Å²) in [7, 11) is 1.64. The Morgan fingerprint density at radius 2 is 2.05 bits per heavy atom. The van der Waals surface area contributed by atoms with Crippen LogP contribution in [0.5, 0.6) is 5.75 Å². The minimum absolute atomic E-state index is 0.237. The number of pyridine rings is 1. The topological polar surface area (TPSA) is 42.4 Å². The van der Waals surface area contributed by atoms with Crippen molar-refractivity contribution in [2.45, 2.75) is 6.10 Å². The molecule has 4 nitrogen and oxygen atoms in total. The van der Waals surface area contributed by atoms with Crippen molar-refractivity contribution in [1.29, 1.82) is 0 Å². The van der Waals surface area contributed by atoms with Crippen LogP contribution in [0.2, 0.25) is 0 Å². The third-order valence-corrected chi connectivity index (χ3v) is 3.52. The average Bonchev–Trinajstić information content (AvgIpc) is 2.44. The standard InChI is InChI=1S/C14H10BrFN2O2/c1-18-13-11(6-9(15)7-17-13)20-12(14(18)19)8-2-4-10(16)5-3-8/h2-7,12H,1H3. The molecule has 102 valence electrons. The molecule has 2 heterocycles. The molecule has 1 aliphatic rings. The highest BCUT2D eigenvalue weighted by molar-refractivity contribution is 9.10. The van der Waals surface area contributed by atoms with E-state index in [1.165, 1.54) is 17.0 Å². The van der Waals surface area contributed by atoms with Crippen LogP contribution in [0.3, 0.4) is 0 Å². The zero-order valence-corrected chi connectivity index (χ0v) is 12.1. The number of halogens is 2. The first kappa shape index (κ1) is 13.1. The van der Waals surface area contributed by atoms with Gasteiger partial charge in [-0.15, -0.1) is 0 Å². The second-order valence-electron chi connectivity index (χ2n) is 4.42. The first-order valence-electron chi connectivity index (χ1n) is 5.91. The fourth-order valence-electron chi connectivity index (χ4n) is 2.06. The molecule has 2 aromatic rings. The lowest BCUT2D eigenvalue weighted by Crippen LogP contribution is -2.39. The van der Waals surface area contributed by atoms with Gasteiger partial charge >= 0.3 is 0 Å². The maximum atomic E-state index is 13.0. The zero-order valence-electron chi connectivity index (χ0n) is 10.5. The van der Waals surface area contributed by atoms with Gasteiger partial charge in [-0.05, 0) is 34.1 Å². The van der Waals surface area contributed by atoms with Crippen molar-refractivity contribution in [3.8, 4) is 5.75 Å². The molecule has 20 heavy (non-hydrogen) atoms. The summed E-state index contributed by atoms with van der Waals surface area (Å²) < 4.78 is 19.4. The van der Waals surface area contributed by atoms with Gasteiger partial charge in [-0.1, -0.05) is 12.1 Å². The third kappa shape index (κ3) is 2.16. The van der Waals surface area contributed by atoms with Crippen LogP contribution in [0.15, 0.2) is 41.0 Å². The maximum absolute atomic E-state index is 13.0. The minimum atomic E-state index is -0.788. The molecule has 0 radical (unpaired) electrons. The first-order chi connectivity index (χ1) is 9.56. The summed E-state index contributed by atoms with van der Waals surface area (Å²) in [5, 5.41) is 0. The molecule has 0 N–H and O–H groups in total. The van der Waals surface area contributed by atoms with E-state index in [0.717, 1.165) is 4.47 Å². The molecular weight excluding hydrogens is 327 g/mol. The molecule has 1 unspecified atom stereocenters. The Labute approximate surface area is 123 Å². The summed E-state index contributed by atoms with van der Waals surface area (Å²) in [6, 6.07) is 7.45. The third-order valence-electron chi connectivity index (χ3n) is 3.09. The molecule has 1 atom stereocenters. The second-order valence-corrected chi connectivity index (χ2v) is 5.34. The lowest BCUT2D eigenvalue weighted by atomic mass is 10.1. The van der Waals surface area contributed by atoms with Crippen LogP contribution in [0.1, 0.15) is 11.7 Å². The number of likely N-dealkylation sites (N-methyl/N-ethyl adjacent to an activating group) is 1. The molecule has 0 fully saturated rings. The Balaban J connectivity index is 2.03. The van der Waals surface area contributed by atoms with Gasteiger partial charge in [0.05, 0.1) is 0 Å². The Bertz CT molecular complexity index is 675. The van der Waals surface area contributed by atoms with Gasteiger partial charge in [0.2, 0.25) is 6.10 Å². The maximum Gasteiger partial charge on any atom is 0.273 e. The number of anilines is 1. The molecule has 1 aliphatic heterocycles. The van der Waals surface area contributed by atoms with Crippen LogP contribution in [0.25, 0.3) is 0 Å². The monoisotopic (exact) mass is 336 g/mol. The summed E-state index contributed by atoms with van der Waals surface area (Å²) >= 11 is 3.32. The number of carbonyl (C=O) groups excluding carboxylic acids is 1. The van der Waals surface area contributed by atoms with Gasteiger partial charge in [0, 0.05) is 23.3 Å². The van der Waals surface area contributed by atoms with Gasteiger partial charge in [0.15, 0.2) is 11.6 Å². The molecule has 0 saturated heterocycles. The number of ether oxygens (including phenoxy) is 1. The molecule has 0 bridgehead atoms. The summed E-state index contributed by atoms with van der Waals surface area (Å²) in [5.41, 5.74) is 0.605. The summed E-state index contributed by atoms with van der Waals surface area (Å²) in [6.07, 6.45) is 0.814. The van der Waals surface area contributed by atoms with Crippen LogP contribution in [0.4, 0.5) is 10.2 Å². The number of rotatable bonds is 1. The van der Waals surface area contributed by atoms with Crippen molar-refractivity contribution in [1.82, 2.24) is 4.98 Å². The predicted octanol–water partition coefficient (Wildman–Crippen LogP) is 3.08. The Hall–Kier alpha value is -1.95. The molecule has 1 aromatic carbocycles. The highest BCUT2D eigenvalue weighted by Crippen LogP contribution is 2.37. The van der Waals surface area contributed by atoms with E-state index < -0.39 is 6.10 Å². The van der Waals surface area contributed by atoms with Crippen molar-refractivity contribution in [3.05, 3.63) is 52.4 Å². The van der Waals surface area contributed by atoms with Gasteiger partial charge in [0.1, 0.15) is 5.82 Å². The van der Waals surface area contributed by atoms with Crippen molar-refractivity contribution >= 4 is 27.7 Å². The second kappa shape index (κ2) is 4.86. The van der Waals surface area contributed by atoms with E-state index in [0.29, 0.717) is 17.1 Å². The summed E-state index contributed by atoms with van der Waals surface area (Å²) in [5.74, 6) is 0.390. The zero-order chi connectivity index (χ0) is 14.3. The molecular formula is C14H10BrFN2O2. The van der Waals surface area contributed by atoms with E-state index in [1.807, 2.05) is 0 Å². The van der Waals surface area contributed by atoms with Gasteiger partial charge in [-0.25, -0.2) is 9.37 Å². The fraction of sp³-hybridized carbons (Fsp3) is 0.143.